The number of pyridine rings is 1. The molecule has 1 atom stereocenters. The normalized spacial score (nSPS) is 12.2. The van der Waals surface area contributed by atoms with Crippen LogP contribution in [0.5, 0.6) is 0 Å². The third kappa shape index (κ3) is 6.80. The molecule has 0 aromatic carbocycles. The van der Waals surface area contributed by atoms with Crippen molar-refractivity contribution < 1.29 is 14.3 Å². The number of hydrogen-bond donors (Lipinski definition) is 3. The van der Waals surface area contributed by atoms with Gasteiger partial charge in [0.25, 0.3) is 0 Å². The summed E-state index contributed by atoms with van der Waals surface area (Å²) in [5, 5.41) is 9.84. The topological polar surface area (TPSA) is 118 Å². The summed E-state index contributed by atoms with van der Waals surface area (Å²) in [5.41, 5.74) is 1.49. The van der Waals surface area contributed by atoms with Crippen molar-refractivity contribution in [3.8, 4) is 0 Å². The zero-order valence-corrected chi connectivity index (χ0v) is 18.7. The van der Waals surface area contributed by atoms with Crippen molar-refractivity contribution in [1.82, 2.24) is 20.6 Å². The first-order valence-corrected chi connectivity index (χ1v) is 10.5. The highest BCUT2D eigenvalue weighted by molar-refractivity contribution is 7.13. The number of anilines is 1. The Morgan fingerprint density at radius 3 is 2.70 bits per heavy atom. The maximum atomic E-state index is 12.1. The van der Waals surface area contributed by atoms with Crippen LogP contribution in [0.1, 0.15) is 52.4 Å². The Labute approximate surface area is 180 Å². The zero-order chi connectivity index (χ0) is 22.1. The third-order valence-electron chi connectivity index (χ3n) is 4.02. The number of aliphatic imine (C=N–C) groups is 1. The van der Waals surface area contributed by atoms with E-state index in [2.05, 4.69) is 30.9 Å². The second-order valence-corrected chi connectivity index (χ2v) is 7.55. The monoisotopic (exact) mass is 432 g/mol. The number of nitrogens with one attached hydrogen (secondary N) is 3. The van der Waals surface area contributed by atoms with Gasteiger partial charge in [-0.2, -0.15) is 0 Å². The predicted octanol–water partition coefficient (Wildman–Crippen LogP) is 2.59. The Balaban J connectivity index is 1.84. The van der Waals surface area contributed by atoms with Gasteiger partial charge in [0.2, 0.25) is 5.91 Å². The number of ether oxygens (including phenoxy) is 1. The van der Waals surface area contributed by atoms with Crippen molar-refractivity contribution in [2.24, 2.45) is 4.99 Å². The minimum absolute atomic E-state index is 0.140. The highest BCUT2D eigenvalue weighted by Gasteiger charge is 2.20. The smallest absolute Gasteiger partial charge is 0.350 e. The van der Waals surface area contributed by atoms with Gasteiger partial charge >= 0.3 is 5.97 Å². The van der Waals surface area contributed by atoms with Gasteiger partial charge in [-0.15, -0.1) is 11.3 Å². The third-order valence-corrected chi connectivity index (χ3v) is 5.34. The fourth-order valence-corrected chi connectivity index (χ4v) is 3.53. The zero-order valence-electron chi connectivity index (χ0n) is 17.9. The molecule has 162 valence electrons. The van der Waals surface area contributed by atoms with Crippen LogP contribution in [0.4, 0.5) is 5.82 Å². The van der Waals surface area contributed by atoms with Gasteiger partial charge in [-0.3, -0.25) is 9.79 Å². The number of carbonyl (C=O) groups excluding carboxylic acids is 2. The van der Waals surface area contributed by atoms with Crippen molar-refractivity contribution in [3.05, 3.63) is 39.5 Å². The van der Waals surface area contributed by atoms with Crippen LogP contribution >= 0.6 is 11.3 Å². The summed E-state index contributed by atoms with van der Waals surface area (Å²) in [7, 11) is 1.65. The van der Waals surface area contributed by atoms with Crippen LogP contribution in [-0.2, 0) is 9.53 Å². The van der Waals surface area contributed by atoms with E-state index in [9.17, 15) is 9.59 Å². The van der Waals surface area contributed by atoms with Gasteiger partial charge in [-0.25, -0.2) is 14.8 Å². The molecule has 0 aliphatic rings. The van der Waals surface area contributed by atoms with E-state index in [0.29, 0.717) is 35.5 Å². The first-order valence-electron chi connectivity index (χ1n) is 9.69. The Kier molecular flexibility index (Phi) is 8.72. The quantitative estimate of drug-likeness (QED) is 0.333. The molecule has 0 spiro atoms. The lowest BCUT2D eigenvalue weighted by atomic mass is 10.3. The van der Waals surface area contributed by atoms with Gasteiger partial charge in [0.05, 0.1) is 18.3 Å². The lowest BCUT2D eigenvalue weighted by Gasteiger charge is -2.16. The molecule has 2 rings (SSSR count). The summed E-state index contributed by atoms with van der Waals surface area (Å²) in [6.07, 6.45) is 0.258. The Hall–Kier alpha value is -3.01. The number of aryl methyl sites for hydroxylation is 2. The molecule has 10 heteroatoms. The number of thiazole rings is 1. The molecule has 3 N–H and O–H groups in total. The summed E-state index contributed by atoms with van der Waals surface area (Å²) in [6, 6.07) is 5.29. The van der Waals surface area contributed by atoms with E-state index in [1.807, 2.05) is 26.0 Å². The molecule has 0 bridgehead atoms. The Morgan fingerprint density at radius 2 is 2.03 bits per heavy atom. The van der Waals surface area contributed by atoms with Gasteiger partial charge in [-0.05, 0) is 39.8 Å². The number of aromatic nitrogens is 2. The van der Waals surface area contributed by atoms with Crippen molar-refractivity contribution in [1.29, 1.82) is 0 Å². The summed E-state index contributed by atoms with van der Waals surface area (Å²) in [5.74, 6) is 0.573. The standard InChI is InChI=1S/C20H28N6O3S/c1-6-29-19(28)17-13(3)24-18(30-17)14(4)25-20(21-5)22-11-10-16(27)26-15-9-7-8-12(2)23-15/h7-9,14H,6,10-11H2,1-5H3,(H2,21,22,25)(H,23,26,27). The van der Waals surface area contributed by atoms with Crippen LogP contribution in [0.25, 0.3) is 0 Å². The number of carbonyl (C=O) groups is 2. The summed E-state index contributed by atoms with van der Waals surface area (Å²) in [4.78, 5) is 37.5. The number of amides is 1. The molecule has 0 aliphatic heterocycles. The van der Waals surface area contributed by atoms with Gasteiger partial charge < -0.3 is 20.7 Å². The van der Waals surface area contributed by atoms with Crippen molar-refractivity contribution in [2.45, 2.75) is 40.2 Å². The van der Waals surface area contributed by atoms with E-state index in [-0.39, 0.29) is 24.3 Å². The average molecular weight is 433 g/mol. The molecule has 1 amide bonds. The molecule has 0 saturated carbocycles. The number of hydrogen-bond acceptors (Lipinski definition) is 7. The maximum absolute atomic E-state index is 12.1. The van der Waals surface area contributed by atoms with E-state index in [1.54, 1.807) is 27.0 Å². The van der Waals surface area contributed by atoms with Gasteiger partial charge in [-0.1, -0.05) is 6.07 Å². The molecule has 1 unspecified atom stereocenters. The SMILES string of the molecule is CCOC(=O)c1sc(C(C)NC(=NC)NCCC(=O)Nc2cccc(C)n2)nc1C. The van der Waals surface area contributed by atoms with E-state index < -0.39 is 0 Å². The van der Waals surface area contributed by atoms with Crippen LogP contribution in [0.15, 0.2) is 23.2 Å². The fourth-order valence-electron chi connectivity index (χ4n) is 2.56. The highest BCUT2D eigenvalue weighted by atomic mass is 32.1. The molecule has 2 heterocycles. The molecule has 9 nitrogen and oxygen atoms in total. The molecule has 0 fully saturated rings. The van der Waals surface area contributed by atoms with E-state index in [1.165, 1.54) is 11.3 Å². The highest BCUT2D eigenvalue weighted by Crippen LogP contribution is 2.24. The van der Waals surface area contributed by atoms with Gasteiger partial charge in [0, 0.05) is 25.7 Å². The van der Waals surface area contributed by atoms with Crippen molar-refractivity contribution in [3.63, 3.8) is 0 Å². The lowest BCUT2D eigenvalue weighted by Crippen LogP contribution is -2.39. The molecule has 30 heavy (non-hydrogen) atoms. The van der Waals surface area contributed by atoms with E-state index >= 15 is 0 Å². The lowest BCUT2D eigenvalue weighted by molar-refractivity contribution is -0.116. The van der Waals surface area contributed by atoms with Crippen LogP contribution in [0, 0.1) is 13.8 Å². The van der Waals surface area contributed by atoms with Gasteiger partial charge in [0.1, 0.15) is 15.7 Å². The number of esters is 1. The number of guanidine groups is 1. The molecule has 0 saturated heterocycles. The first-order chi connectivity index (χ1) is 14.3. The molecule has 2 aromatic heterocycles. The van der Waals surface area contributed by atoms with E-state index in [4.69, 9.17) is 4.74 Å². The maximum Gasteiger partial charge on any atom is 0.350 e. The van der Waals surface area contributed by atoms with Crippen LogP contribution < -0.4 is 16.0 Å². The summed E-state index contributed by atoms with van der Waals surface area (Å²) >= 11 is 1.30. The van der Waals surface area contributed by atoms with Gasteiger partial charge in [0.15, 0.2) is 5.96 Å². The Bertz CT molecular complexity index is 912. The number of nitrogens with zero attached hydrogens (tertiary/aromatic N) is 3. The minimum atomic E-state index is -0.359. The van der Waals surface area contributed by atoms with Crippen molar-refractivity contribution in [2.75, 3.05) is 25.5 Å². The molecule has 0 aliphatic carbocycles. The summed E-state index contributed by atoms with van der Waals surface area (Å²) < 4.78 is 5.06. The van der Waals surface area contributed by atoms with Crippen LogP contribution in [-0.4, -0.2) is 48.0 Å². The second-order valence-electron chi connectivity index (χ2n) is 6.51. The van der Waals surface area contributed by atoms with E-state index in [0.717, 1.165) is 10.7 Å². The number of rotatable bonds is 8. The largest absolute Gasteiger partial charge is 0.462 e. The summed E-state index contributed by atoms with van der Waals surface area (Å²) in [6.45, 7) is 8.07. The van der Waals surface area contributed by atoms with Crippen LogP contribution in [0.2, 0.25) is 0 Å². The molecule has 0 radical (unpaired) electrons. The molecular formula is C20H28N6O3S. The van der Waals surface area contributed by atoms with Crippen LogP contribution in [0.3, 0.4) is 0 Å². The molecular weight excluding hydrogens is 404 g/mol. The van der Waals surface area contributed by atoms with Crippen molar-refractivity contribution >= 4 is 35.0 Å². The minimum Gasteiger partial charge on any atom is -0.462 e. The Morgan fingerprint density at radius 1 is 1.27 bits per heavy atom. The molecule has 2 aromatic rings. The second kappa shape index (κ2) is 11.2. The average Bonchev–Trinajstić information content (AvgIpc) is 3.09. The fraction of sp³-hybridized carbons (Fsp3) is 0.450. The predicted molar refractivity (Wildman–Crippen MR) is 118 cm³/mol. The first kappa shape index (κ1) is 23.3.